The number of anilines is 1. The summed E-state index contributed by atoms with van der Waals surface area (Å²) < 4.78 is 22.6. The smallest absolute Gasteiger partial charge is 0.289 e. The number of benzene rings is 2. The molecule has 28 heavy (non-hydrogen) atoms. The van der Waals surface area contributed by atoms with Crippen LogP contribution in [0.25, 0.3) is 0 Å². The van der Waals surface area contributed by atoms with Crippen LogP contribution in [0.2, 0.25) is 0 Å². The molecule has 0 saturated carbocycles. The van der Waals surface area contributed by atoms with E-state index in [0.717, 1.165) is 23.6 Å². The van der Waals surface area contributed by atoms with Gasteiger partial charge in [-0.2, -0.15) is 0 Å². The van der Waals surface area contributed by atoms with E-state index >= 15 is 0 Å². The Balaban J connectivity index is 1.61. The highest BCUT2D eigenvalue weighted by molar-refractivity contribution is 8.14. The number of sulfone groups is 1. The van der Waals surface area contributed by atoms with E-state index in [1.54, 1.807) is 48.5 Å². The Labute approximate surface area is 167 Å². The van der Waals surface area contributed by atoms with Crippen molar-refractivity contribution in [2.45, 2.75) is 12.3 Å². The molecule has 0 spiro atoms. The normalized spacial score (nSPS) is 14.4. The van der Waals surface area contributed by atoms with E-state index in [-0.39, 0.29) is 35.1 Å². The van der Waals surface area contributed by atoms with Crippen LogP contribution in [0.4, 0.5) is 10.5 Å². The summed E-state index contributed by atoms with van der Waals surface area (Å²) in [6, 6.07) is 13.3. The molecule has 1 heterocycles. The zero-order valence-electron chi connectivity index (χ0n) is 15.0. The largest absolute Gasteiger partial charge is 0.322 e. The maximum Gasteiger partial charge on any atom is 0.289 e. The Hall–Kier alpha value is -2.65. The van der Waals surface area contributed by atoms with Gasteiger partial charge in [-0.1, -0.05) is 36.0 Å². The minimum absolute atomic E-state index is 0.0725. The van der Waals surface area contributed by atoms with Crippen LogP contribution in [-0.4, -0.2) is 42.4 Å². The van der Waals surface area contributed by atoms with Crippen LogP contribution in [0.1, 0.15) is 21.5 Å². The Morgan fingerprint density at radius 1 is 1.04 bits per heavy atom. The first-order chi connectivity index (χ1) is 13.2. The molecule has 1 aliphatic rings. The van der Waals surface area contributed by atoms with Crippen LogP contribution in [0.15, 0.2) is 48.5 Å². The summed E-state index contributed by atoms with van der Waals surface area (Å²) in [5.74, 6) is -0.418. The summed E-state index contributed by atoms with van der Waals surface area (Å²) in [7, 11) is -3.13. The zero-order valence-corrected chi connectivity index (χ0v) is 16.7. The van der Waals surface area contributed by atoms with Gasteiger partial charge >= 0.3 is 0 Å². The molecule has 1 fully saturated rings. The molecular weight excluding hydrogens is 400 g/mol. The van der Waals surface area contributed by atoms with Gasteiger partial charge in [0.05, 0.1) is 18.1 Å². The van der Waals surface area contributed by atoms with Crippen molar-refractivity contribution in [1.82, 2.24) is 4.90 Å². The van der Waals surface area contributed by atoms with Gasteiger partial charge < -0.3 is 5.32 Å². The standard InChI is InChI=1S/C19H18N2O5S2/c1-28(25,26)12-14-2-6-15(7-3-14)18(23)20-16-8-4-13(5-9-16)10-21-17(22)11-27-19(21)24/h2-9H,10-12H2,1H3,(H,20,23). The van der Waals surface area contributed by atoms with E-state index in [0.29, 0.717) is 16.8 Å². The van der Waals surface area contributed by atoms with Crippen LogP contribution >= 0.6 is 11.8 Å². The predicted molar refractivity (Wildman–Crippen MR) is 108 cm³/mol. The van der Waals surface area contributed by atoms with E-state index in [4.69, 9.17) is 0 Å². The molecule has 0 aromatic heterocycles. The van der Waals surface area contributed by atoms with Gasteiger partial charge in [-0.05, 0) is 35.4 Å². The molecule has 146 valence electrons. The molecular formula is C19H18N2O5S2. The molecule has 9 heteroatoms. The molecule has 0 aliphatic carbocycles. The number of thioether (sulfide) groups is 1. The number of nitrogens with one attached hydrogen (secondary N) is 1. The lowest BCUT2D eigenvalue weighted by molar-refractivity contribution is -0.125. The summed E-state index contributed by atoms with van der Waals surface area (Å²) in [6.45, 7) is 0.209. The molecule has 1 N–H and O–H groups in total. The molecule has 0 atom stereocenters. The van der Waals surface area contributed by atoms with Crippen LogP contribution in [0.3, 0.4) is 0 Å². The fraction of sp³-hybridized carbons (Fsp3) is 0.211. The van der Waals surface area contributed by atoms with Gasteiger partial charge in [-0.3, -0.25) is 19.3 Å². The quantitative estimate of drug-likeness (QED) is 0.774. The van der Waals surface area contributed by atoms with Gasteiger partial charge in [0.2, 0.25) is 5.91 Å². The second-order valence-electron chi connectivity index (χ2n) is 6.45. The third-order valence-electron chi connectivity index (χ3n) is 4.04. The van der Waals surface area contributed by atoms with Crippen LogP contribution < -0.4 is 5.32 Å². The van der Waals surface area contributed by atoms with E-state index < -0.39 is 9.84 Å². The number of hydrogen-bond donors (Lipinski definition) is 1. The maximum atomic E-state index is 12.3. The van der Waals surface area contributed by atoms with Crippen molar-refractivity contribution in [3.8, 4) is 0 Å². The van der Waals surface area contributed by atoms with E-state index in [2.05, 4.69) is 5.32 Å². The van der Waals surface area contributed by atoms with E-state index in [9.17, 15) is 22.8 Å². The molecule has 3 amide bonds. The van der Waals surface area contributed by atoms with Crippen molar-refractivity contribution in [3.05, 3.63) is 65.2 Å². The van der Waals surface area contributed by atoms with Crippen molar-refractivity contribution in [2.75, 3.05) is 17.3 Å². The van der Waals surface area contributed by atoms with Crippen LogP contribution in [-0.2, 0) is 26.9 Å². The van der Waals surface area contributed by atoms with Crippen molar-refractivity contribution in [2.24, 2.45) is 0 Å². The molecule has 1 saturated heterocycles. The molecule has 0 unspecified atom stereocenters. The summed E-state index contributed by atoms with van der Waals surface area (Å²) in [5, 5.41) is 2.51. The highest BCUT2D eigenvalue weighted by Gasteiger charge is 2.29. The minimum atomic E-state index is -3.13. The lowest BCUT2D eigenvalue weighted by atomic mass is 10.1. The minimum Gasteiger partial charge on any atom is -0.322 e. The molecule has 2 aromatic rings. The number of rotatable bonds is 6. The number of carbonyl (C=O) groups is 3. The Morgan fingerprint density at radius 3 is 2.18 bits per heavy atom. The molecule has 7 nitrogen and oxygen atoms in total. The summed E-state index contributed by atoms with van der Waals surface area (Å²) >= 11 is 0.993. The molecule has 3 rings (SSSR count). The fourth-order valence-corrected chi connectivity index (χ4v) is 4.19. The number of amides is 3. The highest BCUT2D eigenvalue weighted by Crippen LogP contribution is 2.22. The van der Waals surface area contributed by atoms with Gasteiger partial charge in [-0.15, -0.1) is 0 Å². The van der Waals surface area contributed by atoms with Crippen molar-refractivity contribution < 1.29 is 22.8 Å². The highest BCUT2D eigenvalue weighted by atomic mass is 32.2. The summed E-state index contributed by atoms with van der Waals surface area (Å²) in [4.78, 5) is 36.8. The lowest BCUT2D eigenvalue weighted by Crippen LogP contribution is -2.27. The summed E-state index contributed by atoms with van der Waals surface area (Å²) in [6.07, 6.45) is 1.16. The zero-order chi connectivity index (χ0) is 20.3. The number of imide groups is 1. The molecule has 0 bridgehead atoms. The fourth-order valence-electron chi connectivity index (χ4n) is 2.67. The number of nitrogens with zero attached hydrogens (tertiary/aromatic N) is 1. The first-order valence-corrected chi connectivity index (χ1v) is 11.4. The molecule has 1 aliphatic heterocycles. The van der Waals surface area contributed by atoms with E-state index in [1.807, 2.05) is 0 Å². The Kier molecular flexibility index (Phi) is 5.85. The SMILES string of the molecule is CS(=O)(=O)Cc1ccc(C(=O)Nc2ccc(CN3C(=O)CSC3=O)cc2)cc1. The lowest BCUT2D eigenvalue weighted by Gasteiger charge is -2.13. The molecule has 2 aromatic carbocycles. The average molecular weight is 418 g/mol. The van der Waals surface area contributed by atoms with Crippen molar-refractivity contribution in [1.29, 1.82) is 0 Å². The van der Waals surface area contributed by atoms with Gasteiger partial charge in [0.25, 0.3) is 11.1 Å². The van der Waals surface area contributed by atoms with Gasteiger partial charge in [0.15, 0.2) is 9.84 Å². The second-order valence-corrected chi connectivity index (χ2v) is 9.52. The third kappa shape index (κ3) is 5.20. The topological polar surface area (TPSA) is 101 Å². The monoisotopic (exact) mass is 418 g/mol. The Bertz CT molecular complexity index is 999. The van der Waals surface area contributed by atoms with Gasteiger partial charge in [0, 0.05) is 17.5 Å². The predicted octanol–water partition coefficient (Wildman–Crippen LogP) is 2.68. The third-order valence-corrected chi connectivity index (χ3v) is 5.75. The molecule has 0 radical (unpaired) electrons. The second kappa shape index (κ2) is 8.15. The Morgan fingerprint density at radius 2 is 1.64 bits per heavy atom. The van der Waals surface area contributed by atoms with Gasteiger partial charge in [-0.25, -0.2) is 8.42 Å². The number of hydrogen-bond acceptors (Lipinski definition) is 6. The van der Waals surface area contributed by atoms with Crippen LogP contribution in [0.5, 0.6) is 0 Å². The van der Waals surface area contributed by atoms with Crippen molar-refractivity contribution in [3.63, 3.8) is 0 Å². The number of carbonyl (C=O) groups excluding carboxylic acids is 3. The average Bonchev–Trinajstić information content (AvgIpc) is 2.94. The van der Waals surface area contributed by atoms with Crippen LogP contribution in [0, 0.1) is 0 Å². The van der Waals surface area contributed by atoms with Crippen molar-refractivity contribution >= 4 is 44.3 Å². The summed E-state index contributed by atoms with van der Waals surface area (Å²) in [5.41, 5.74) is 2.38. The first-order valence-electron chi connectivity index (χ1n) is 8.35. The van der Waals surface area contributed by atoms with Gasteiger partial charge in [0.1, 0.15) is 0 Å². The van der Waals surface area contributed by atoms with E-state index in [1.165, 1.54) is 4.90 Å². The maximum absolute atomic E-state index is 12.3. The first kappa shape index (κ1) is 20.1.